The van der Waals surface area contributed by atoms with Crippen molar-refractivity contribution in [3.05, 3.63) is 152 Å². The first-order valence-corrected chi connectivity index (χ1v) is 33.6. The van der Waals surface area contributed by atoms with E-state index in [0.29, 0.717) is 45.6 Å². The molecule has 502 valence electrons. The monoisotopic (exact) mass is 1320 g/mol. The van der Waals surface area contributed by atoms with E-state index in [9.17, 15) is 67.4 Å². The summed E-state index contributed by atoms with van der Waals surface area (Å²) >= 11 is 0. The molecule has 0 radical (unpaired) electrons. The lowest BCUT2D eigenvalue weighted by molar-refractivity contribution is -0.159. The first-order chi connectivity index (χ1) is 44.8. The minimum atomic E-state index is -3.64. The number of terminal acetylenes is 1. The van der Waals surface area contributed by atoms with Crippen LogP contribution >= 0.6 is 0 Å². The molecular formula is C72H82FN7O14S. The molecule has 0 bridgehead atoms. The SMILES string of the molecule is C#C[C@]1(C)CC[C@H]2[C@@H]3CCc4cc(O)ccc4[C@H]3CC[C@@]21C.CC(=O)C1=C(O)[C@@]2(O)C(=O)C3=C(O)c4c(O)cccc4[C@@](C)(O)[C@H]3C[C@H]2[C@H](N(C)C)C1=O.CC(=O)c1cn(C2CC2)c2cc(N3CCNCC3)c(F)cc2c1=O.Cc1cc(NS(=O)(=O)c2ccc(N)cc2)no1. The van der Waals surface area contributed by atoms with Crippen LogP contribution in [0.1, 0.15) is 136 Å². The van der Waals surface area contributed by atoms with Gasteiger partial charge in [0.25, 0.3) is 10.0 Å². The molecule has 95 heavy (non-hydrogen) atoms. The first kappa shape index (κ1) is 67.7. The second kappa shape index (κ2) is 25.2. The molecule has 4 saturated carbocycles. The van der Waals surface area contributed by atoms with Crippen LogP contribution in [0.4, 0.5) is 21.6 Å². The number of nitrogen functional groups attached to an aromatic ring is 1. The molecule has 21 nitrogen and oxygen atoms in total. The number of nitrogens with one attached hydrogen (secondary N) is 2. The van der Waals surface area contributed by atoms with Gasteiger partial charge in [0.1, 0.15) is 40.2 Å². The van der Waals surface area contributed by atoms with E-state index in [1.54, 1.807) is 33.3 Å². The number of fused-ring (bicyclic) bond motifs is 9. The number of piperazine rings is 1. The summed E-state index contributed by atoms with van der Waals surface area (Å²) in [6, 6.07) is 19.9. The highest BCUT2D eigenvalue weighted by atomic mass is 32.2. The number of pyridine rings is 1. The Hall–Kier alpha value is -8.66. The summed E-state index contributed by atoms with van der Waals surface area (Å²) in [5.74, 6) is -1.12. The standard InChI is InChI=1S/C23H25NO8.C21H26O.C18H20FN3O2.C10H11N3O3S/c1-9(25)14-19(28)17(24(3)4)12-8-11-16(21(30)23(12,32)20(14)29)18(27)15-10(22(11,2)31)6-5-7-13(15)26;1-4-20(2)11-10-19-18-7-5-14-13-15(22)6-8-16(14)17(18)9-12-21(19,20)3;1-11(23)14-10-22(12-2-3-12)16-9-17(21-6-4-20-5-7-21)15(19)8-13(16)18(14)24;1-7-6-10(12-16-7)13-17(14,15)9-4-2-8(11)3-5-9/h5-7,11-12,17,26-27,29,31-32H,8H2,1-4H3;1,6,8,13,17-19,22H,5,7,9-12H2,2-3H3;8-10,12,20H,2-7H2,1H3;2-6H,11H2,1H3,(H,12,13)/t11-,12-,17-,22+,23+;17-,18-,19+,20-,21+;;/m01../s1. The molecule has 1 aliphatic heterocycles. The average Bonchev–Trinajstić information content (AvgIpc) is 1.13. The lowest BCUT2D eigenvalue weighted by atomic mass is 9.51. The van der Waals surface area contributed by atoms with Gasteiger partial charge in [-0.3, -0.25) is 33.6 Å². The number of aliphatic hydroxyl groups is 4. The van der Waals surface area contributed by atoms with Gasteiger partial charge in [-0.2, -0.15) is 0 Å². The molecule has 0 spiro atoms. The molecule has 8 aliphatic rings. The summed E-state index contributed by atoms with van der Waals surface area (Å²) in [4.78, 5) is 66.9. The zero-order valence-electron chi connectivity index (χ0n) is 54.5. The molecule has 4 aromatic carbocycles. The number of carbonyl (C=O) groups excluding carboxylic acids is 4. The quantitative estimate of drug-likeness (QED) is 0.0297. The van der Waals surface area contributed by atoms with E-state index in [1.165, 1.54) is 117 Å². The number of aromatic hydroxyl groups is 2. The van der Waals surface area contributed by atoms with Gasteiger partial charge in [0, 0.05) is 78.4 Å². The van der Waals surface area contributed by atoms with E-state index in [-0.39, 0.29) is 61.8 Å². The Labute approximate surface area is 550 Å². The molecule has 1 saturated heterocycles. The van der Waals surface area contributed by atoms with Crippen LogP contribution < -0.4 is 26.1 Å². The topological polar surface area (TPSA) is 328 Å². The van der Waals surface area contributed by atoms with Crippen molar-refractivity contribution in [3.8, 4) is 23.8 Å². The number of aliphatic hydroxyl groups excluding tert-OH is 2. The number of phenols is 2. The smallest absolute Gasteiger partial charge is 0.263 e. The minimum Gasteiger partial charge on any atom is -0.508 e. The summed E-state index contributed by atoms with van der Waals surface area (Å²) in [5, 5.41) is 72.0. The number of nitrogens with zero attached hydrogens (tertiary/aromatic N) is 4. The number of rotatable bonds is 8. The number of halogens is 1. The highest BCUT2D eigenvalue weighted by Crippen LogP contribution is 2.67. The fourth-order valence-corrected chi connectivity index (χ4v) is 17.3. The molecule has 14 rings (SSSR count). The van der Waals surface area contributed by atoms with E-state index >= 15 is 0 Å². The van der Waals surface area contributed by atoms with E-state index in [1.807, 2.05) is 21.6 Å². The molecule has 10 atom stereocenters. The highest BCUT2D eigenvalue weighted by Gasteiger charge is 2.67. The maximum Gasteiger partial charge on any atom is 0.263 e. The summed E-state index contributed by atoms with van der Waals surface area (Å²) in [6.07, 6.45) is 16.9. The number of ketones is 4. The van der Waals surface area contributed by atoms with Gasteiger partial charge in [-0.15, -0.1) is 6.42 Å². The number of hydrogen-bond acceptors (Lipinski definition) is 19. The van der Waals surface area contributed by atoms with E-state index in [4.69, 9.17) is 16.7 Å². The maximum atomic E-state index is 14.7. The molecule has 5 fully saturated rings. The van der Waals surface area contributed by atoms with Crippen LogP contribution in [0.15, 0.2) is 116 Å². The molecule has 23 heteroatoms. The van der Waals surface area contributed by atoms with Crippen molar-refractivity contribution in [2.45, 2.75) is 133 Å². The van der Waals surface area contributed by atoms with Gasteiger partial charge in [-0.05, 0) is 201 Å². The zero-order chi connectivity index (χ0) is 68.8. The van der Waals surface area contributed by atoms with Crippen molar-refractivity contribution in [2.24, 2.45) is 34.5 Å². The van der Waals surface area contributed by atoms with Crippen molar-refractivity contribution in [1.82, 2.24) is 19.9 Å². The third kappa shape index (κ3) is 11.8. The summed E-state index contributed by atoms with van der Waals surface area (Å²) in [5.41, 5.74) is 4.89. The molecular weight excluding hydrogens is 1240 g/mol. The van der Waals surface area contributed by atoms with Crippen LogP contribution in [-0.2, 0) is 36.4 Å². The predicted molar refractivity (Wildman–Crippen MR) is 356 cm³/mol. The van der Waals surface area contributed by atoms with Gasteiger partial charge in [0.15, 0.2) is 34.2 Å². The number of sulfonamides is 1. The average molecular weight is 1320 g/mol. The minimum absolute atomic E-state index is 0.0812. The van der Waals surface area contributed by atoms with Crippen LogP contribution in [-0.4, -0.2) is 129 Å². The number of likely N-dealkylation sites (N-methyl/N-ethyl adjacent to an activating group) is 1. The zero-order valence-corrected chi connectivity index (χ0v) is 55.3. The predicted octanol–water partition coefficient (Wildman–Crippen LogP) is 9.07. The van der Waals surface area contributed by atoms with E-state index in [2.05, 4.69) is 41.0 Å². The third-order valence-corrected chi connectivity index (χ3v) is 23.1. The van der Waals surface area contributed by atoms with Gasteiger partial charge in [0.2, 0.25) is 5.78 Å². The van der Waals surface area contributed by atoms with Crippen LogP contribution in [0.2, 0.25) is 0 Å². The molecule has 2 aromatic heterocycles. The van der Waals surface area contributed by atoms with E-state index in [0.717, 1.165) is 69.7 Å². The number of Topliss-reactive ketones (excluding diaryl/α,β-unsaturated/α-hetero) is 4. The molecule has 0 unspecified atom stereocenters. The Kier molecular flexibility index (Phi) is 17.9. The third-order valence-electron chi connectivity index (χ3n) is 21.7. The van der Waals surface area contributed by atoms with E-state index < -0.39 is 79.4 Å². The van der Waals surface area contributed by atoms with Crippen LogP contribution in [0.25, 0.3) is 16.7 Å². The fourth-order valence-electron chi connectivity index (χ4n) is 16.3. The molecule has 6 aromatic rings. The largest absolute Gasteiger partial charge is 0.508 e. The molecule has 3 heterocycles. The van der Waals surface area contributed by atoms with Gasteiger partial charge in [-0.25, -0.2) is 12.8 Å². The normalized spacial score (nSPS) is 28.1. The summed E-state index contributed by atoms with van der Waals surface area (Å²) < 4.78 is 47.5. The Morgan fingerprint density at radius 1 is 0.884 bits per heavy atom. The molecule has 0 amide bonds. The summed E-state index contributed by atoms with van der Waals surface area (Å²) in [6.45, 7) is 13.4. The van der Waals surface area contributed by atoms with Gasteiger partial charge in [-0.1, -0.05) is 36.2 Å². The number of phenolic OH excluding ortho intramolecular Hbond substituents is 2. The second-order valence-corrected chi connectivity index (χ2v) is 29.2. The number of aromatic nitrogens is 2. The molecule has 10 N–H and O–H groups in total. The van der Waals surface area contributed by atoms with Crippen LogP contribution in [0.5, 0.6) is 11.5 Å². The van der Waals surface area contributed by atoms with Crippen molar-refractivity contribution in [1.29, 1.82) is 0 Å². The Balaban J connectivity index is 0.000000132. The maximum absolute atomic E-state index is 14.7. The Morgan fingerprint density at radius 3 is 2.20 bits per heavy atom. The summed E-state index contributed by atoms with van der Waals surface area (Å²) in [7, 11) is -0.556. The number of anilines is 3. The van der Waals surface area contributed by atoms with Gasteiger partial charge in [0.05, 0.1) is 38.9 Å². The van der Waals surface area contributed by atoms with Crippen molar-refractivity contribution in [3.63, 3.8) is 0 Å². The lowest BCUT2D eigenvalue weighted by Gasteiger charge is -2.53. The fraction of sp³-hybridized carbons (Fsp3) is 0.444. The van der Waals surface area contributed by atoms with Crippen LogP contribution in [0.3, 0.4) is 0 Å². The van der Waals surface area contributed by atoms with Crippen molar-refractivity contribution >= 4 is 67.0 Å². The lowest BCUT2D eigenvalue weighted by Crippen LogP contribution is -2.66. The highest BCUT2D eigenvalue weighted by molar-refractivity contribution is 7.92. The van der Waals surface area contributed by atoms with Crippen molar-refractivity contribution < 1.29 is 67.1 Å². The van der Waals surface area contributed by atoms with Gasteiger partial charge < -0.3 is 55.7 Å². The second-order valence-electron chi connectivity index (χ2n) is 27.5. The Bertz CT molecular complexity index is 4410. The Morgan fingerprint density at radius 2 is 1.58 bits per heavy atom. The number of hydrogen-bond donors (Lipinski definition) is 9. The number of carbonyl (C=O) groups is 4. The van der Waals surface area contributed by atoms with Gasteiger partial charge >= 0.3 is 0 Å². The number of nitrogens with two attached hydrogens (primary N) is 1. The molecule has 7 aliphatic carbocycles. The van der Waals surface area contributed by atoms with Crippen molar-refractivity contribution in [2.75, 3.05) is 55.6 Å². The number of benzene rings is 4. The van der Waals surface area contributed by atoms with Crippen LogP contribution in [0, 0.1) is 59.6 Å². The number of aryl methyl sites for hydroxylation is 2. The first-order valence-electron chi connectivity index (χ1n) is 32.2.